The second-order valence-corrected chi connectivity index (χ2v) is 5.76. The molecule has 0 aromatic heterocycles. The summed E-state index contributed by atoms with van der Waals surface area (Å²) in [5, 5.41) is 14.6. The monoisotopic (exact) mass is 310 g/mol. The average Bonchev–Trinajstić information content (AvgIpc) is 2.45. The standard InChI is InChI=1S/C15H22N2O3S/c1-11-5-3-4-6-12(11)9-16-10-14(18)17-13(15(19)20)7-8-21-2/h3-6,13,16H,7-10H2,1-2H3,(H,17,18)(H,19,20). The van der Waals surface area contributed by atoms with Crippen LogP contribution in [0.5, 0.6) is 0 Å². The SMILES string of the molecule is CSCCC(NC(=O)CNCc1ccccc1C)C(=O)O. The number of carboxylic acids is 1. The number of carbonyl (C=O) groups excluding carboxylic acids is 1. The molecule has 0 saturated heterocycles. The summed E-state index contributed by atoms with van der Waals surface area (Å²) in [6.45, 7) is 2.71. The van der Waals surface area contributed by atoms with Gasteiger partial charge in [0, 0.05) is 6.54 Å². The van der Waals surface area contributed by atoms with Crippen molar-refractivity contribution in [2.24, 2.45) is 0 Å². The molecule has 1 atom stereocenters. The topological polar surface area (TPSA) is 78.4 Å². The summed E-state index contributed by atoms with van der Waals surface area (Å²) in [6.07, 6.45) is 2.34. The Morgan fingerprint density at radius 1 is 1.33 bits per heavy atom. The van der Waals surface area contributed by atoms with Crippen molar-refractivity contribution in [2.45, 2.75) is 25.9 Å². The molecule has 6 heteroatoms. The summed E-state index contributed by atoms with van der Waals surface area (Å²) in [5.41, 5.74) is 2.29. The van der Waals surface area contributed by atoms with Gasteiger partial charge in [0.2, 0.25) is 5.91 Å². The van der Waals surface area contributed by atoms with Crippen LogP contribution in [-0.4, -0.2) is 41.6 Å². The predicted octanol–water partition coefficient (Wildman–Crippen LogP) is 1.41. The van der Waals surface area contributed by atoms with Crippen LogP contribution in [0.1, 0.15) is 17.5 Å². The van der Waals surface area contributed by atoms with Gasteiger partial charge >= 0.3 is 5.97 Å². The Labute approximate surface area is 129 Å². The highest BCUT2D eigenvalue weighted by Crippen LogP contribution is 2.05. The number of hydrogen-bond donors (Lipinski definition) is 3. The maximum atomic E-state index is 11.8. The molecule has 0 aliphatic rings. The first kappa shape index (κ1) is 17.5. The fourth-order valence-corrected chi connectivity index (χ4v) is 2.33. The molecule has 0 heterocycles. The van der Waals surface area contributed by atoms with Crippen LogP contribution in [0.4, 0.5) is 0 Å². The van der Waals surface area contributed by atoms with Crippen LogP contribution in [0.3, 0.4) is 0 Å². The molecule has 1 unspecified atom stereocenters. The van der Waals surface area contributed by atoms with E-state index in [0.29, 0.717) is 18.7 Å². The van der Waals surface area contributed by atoms with E-state index in [1.165, 1.54) is 0 Å². The van der Waals surface area contributed by atoms with E-state index >= 15 is 0 Å². The van der Waals surface area contributed by atoms with Crippen molar-refractivity contribution in [1.82, 2.24) is 10.6 Å². The van der Waals surface area contributed by atoms with Crippen LogP contribution < -0.4 is 10.6 Å². The van der Waals surface area contributed by atoms with Gasteiger partial charge in [-0.2, -0.15) is 11.8 Å². The minimum absolute atomic E-state index is 0.109. The molecule has 0 fully saturated rings. The molecule has 1 amide bonds. The third-order valence-electron chi connectivity index (χ3n) is 3.11. The van der Waals surface area contributed by atoms with Gasteiger partial charge in [0.15, 0.2) is 0 Å². The summed E-state index contributed by atoms with van der Waals surface area (Å²) < 4.78 is 0. The van der Waals surface area contributed by atoms with Gasteiger partial charge in [-0.1, -0.05) is 24.3 Å². The first-order valence-corrected chi connectivity index (χ1v) is 8.20. The first-order valence-electron chi connectivity index (χ1n) is 6.81. The molecular formula is C15H22N2O3S. The summed E-state index contributed by atoms with van der Waals surface area (Å²) in [4.78, 5) is 22.8. The number of rotatable bonds is 9. The van der Waals surface area contributed by atoms with Gasteiger partial charge in [0.25, 0.3) is 0 Å². The van der Waals surface area contributed by atoms with Crippen LogP contribution in [0.25, 0.3) is 0 Å². The number of aliphatic carboxylic acids is 1. The van der Waals surface area contributed by atoms with E-state index < -0.39 is 12.0 Å². The van der Waals surface area contributed by atoms with E-state index in [9.17, 15) is 9.59 Å². The van der Waals surface area contributed by atoms with Gasteiger partial charge in [0.05, 0.1) is 6.54 Å². The Hall–Kier alpha value is -1.53. The number of carboxylic acid groups (broad SMARTS) is 1. The lowest BCUT2D eigenvalue weighted by Gasteiger charge is -2.14. The van der Waals surface area contributed by atoms with Gasteiger partial charge in [-0.3, -0.25) is 4.79 Å². The van der Waals surface area contributed by atoms with Gasteiger partial charge in [-0.15, -0.1) is 0 Å². The minimum atomic E-state index is -0.990. The fraction of sp³-hybridized carbons (Fsp3) is 0.467. The second-order valence-electron chi connectivity index (χ2n) is 4.77. The molecule has 0 aliphatic heterocycles. The number of aryl methyl sites for hydroxylation is 1. The summed E-state index contributed by atoms with van der Waals surface area (Å²) in [6, 6.07) is 7.12. The lowest BCUT2D eigenvalue weighted by molar-refractivity contribution is -0.141. The fourth-order valence-electron chi connectivity index (χ4n) is 1.86. The molecule has 0 saturated carbocycles. The summed E-state index contributed by atoms with van der Waals surface area (Å²) in [7, 11) is 0. The maximum Gasteiger partial charge on any atom is 0.326 e. The van der Waals surface area contributed by atoms with Gasteiger partial charge in [-0.25, -0.2) is 4.79 Å². The van der Waals surface area contributed by atoms with Crippen LogP contribution in [0, 0.1) is 6.92 Å². The number of benzene rings is 1. The number of amides is 1. The Morgan fingerprint density at radius 2 is 2.05 bits per heavy atom. The second kappa shape index (κ2) is 9.41. The molecule has 0 aliphatic carbocycles. The highest BCUT2D eigenvalue weighted by molar-refractivity contribution is 7.98. The van der Waals surface area contributed by atoms with E-state index in [1.807, 2.05) is 37.4 Å². The van der Waals surface area contributed by atoms with Gasteiger partial charge in [-0.05, 0) is 36.5 Å². The molecule has 5 nitrogen and oxygen atoms in total. The molecule has 1 rings (SSSR count). The zero-order valence-corrected chi connectivity index (χ0v) is 13.2. The Balaban J connectivity index is 2.36. The number of carbonyl (C=O) groups is 2. The van der Waals surface area contributed by atoms with Crippen molar-refractivity contribution in [2.75, 3.05) is 18.6 Å². The zero-order valence-electron chi connectivity index (χ0n) is 12.4. The predicted molar refractivity (Wildman–Crippen MR) is 85.5 cm³/mol. The third-order valence-corrected chi connectivity index (χ3v) is 3.75. The Bertz CT molecular complexity index is 480. The summed E-state index contributed by atoms with van der Waals surface area (Å²) >= 11 is 1.56. The number of hydrogen-bond acceptors (Lipinski definition) is 4. The largest absolute Gasteiger partial charge is 0.480 e. The van der Waals surface area contributed by atoms with Crippen LogP contribution in [0.2, 0.25) is 0 Å². The van der Waals surface area contributed by atoms with E-state index in [0.717, 1.165) is 11.1 Å². The van der Waals surface area contributed by atoms with Crippen LogP contribution in [0.15, 0.2) is 24.3 Å². The van der Waals surface area contributed by atoms with Crippen LogP contribution in [-0.2, 0) is 16.1 Å². The zero-order chi connectivity index (χ0) is 15.7. The van der Waals surface area contributed by atoms with E-state index in [4.69, 9.17) is 5.11 Å². The lowest BCUT2D eigenvalue weighted by atomic mass is 10.1. The lowest BCUT2D eigenvalue weighted by Crippen LogP contribution is -2.44. The first-order chi connectivity index (χ1) is 10.0. The highest BCUT2D eigenvalue weighted by Gasteiger charge is 2.18. The Morgan fingerprint density at radius 3 is 2.67 bits per heavy atom. The van der Waals surface area contributed by atoms with Crippen molar-refractivity contribution in [1.29, 1.82) is 0 Å². The molecule has 116 valence electrons. The van der Waals surface area contributed by atoms with Crippen LogP contribution >= 0.6 is 11.8 Å². The normalized spacial score (nSPS) is 11.9. The molecule has 3 N–H and O–H groups in total. The quantitative estimate of drug-likeness (QED) is 0.643. The number of thioether (sulfide) groups is 1. The van der Waals surface area contributed by atoms with E-state index in [1.54, 1.807) is 11.8 Å². The molecule has 21 heavy (non-hydrogen) atoms. The smallest absolute Gasteiger partial charge is 0.326 e. The summed E-state index contributed by atoms with van der Waals surface area (Å²) in [5.74, 6) is -0.582. The van der Waals surface area contributed by atoms with Crippen molar-refractivity contribution >= 4 is 23.6 Å². The van der Waals surface area contributed by atoms with E-state index in [-0.39, 0.29) is 12.5 Å². The molecule has 0 spiro atoms. The van der Waals surface area contributed by atoms with Crippen molar-refractivity contribution in [3.8, 4) is 0 Å². The van der Waals surface area contributed by atoms with Gasteiger partial charge < -0.3 is 15.7 Å². The maximum absolute atomic E-state index is 11.8. The number of nitrogens with one attached hydrogen (secondary N) is 2. The minimum Gasteiger partial charge on any atom is -0.480 e. The molecular weight excluding hydrogens is 288 g/mol. The highest BCUT2D eigenvalue weighted by atomic mass is 32.2. The van der Waals surface area contributed by atoms with Crippen molar-refractivity contribution in [3.05, 3.63) is 35.4 Å². The third kappa shape index (κ3) is 6.64. The molecule has 0 radical (unpaired) electrons. The Kier molecular flexibility index (Phi) is 7.85. The van der Waals surface area contributed by atoms with E-state index in [2.05, 4.69) is 10.6 Å². The molecule has 1 aromatic carbocycles. The van der Waals surface area contributed by atoms with Crippen molar-refractivity contribution in [3.63, 3.8) is 0 Å². The molecule has 1 aromatic rings. The van der Waals surface area contributed by atoms with Gasteiger partial charge in [0.1, 0.15) is 6.04 Å². The molecule has 0 bridgehead atoms. The van der Waals surface area contributed by atoms with Crippen molar-refractivity contribution < 1.29 is 14.7 Å². The average molecular weight is 310 g/mol.